The van der Waals surface area contributed by atoms with Gasteiger partial charge in [0, 0.05) is 24.0 Å². The Bertz CT molecular complexity index is 652. The van der Waals surface area contributed by atoms with Crippen molar-refractivity contribution in [2.75, 3.05) is 5.32 Å². The fourth-order valence-corrected chi connectivity index (χ4v) is 2.94. The molecule has 0 spiro atoms. The molecule has 3 aromatic rings. The van der Waals surface area contributed by atoms with Crippen molar-refractivity contribution >= 4 is 21.4 Å². The van der Waals surface area contributed by atoms with Crippen molar-refractivity contribution in [3.05, 3.63) is 30.7 Å². The Morgan fingerprint density at radius 1 is 1.35 bits per heavy atom. The van der Waals surface area contributed by atoms with Crippen molar-refractivity contribution in [2.45, 2.75) is 32.7 Å². The highest BCUT2D eigenvalue weighted by Crippen LogP contribution is 2.24. The number of hydrogen-bond donors (Lipinski definition) is 1. The molecule has 3 aromatic heterocycles. The first kappa shape index (κ1) is 13.1. The number of aromatic nitrogens is 4. The van der Waals surface area contributed by atoms with E-state index in [1.165, 1.54) is 0 Å². The van der Waals surface area contributed by atoms with Crippen LogP contribution < -0.4 is 5.32 Å². The lowest BCUT2D eigenvalue weighted by Gasteiger charge is -2.12. The van der Waals surface area contributed by atoms with Gasteiger partial charge < -0.3 is 5.32 Å². The highest BCUT2D eigenvalue weighted by molar-refractivity contribution is 7.20. The Morgan fingerprint density at radius 2 is 2.20 bits per heavy atom. The van der Waals surface area contributed by atoms with E-state index in [0.29, 0.717) is 6.04 Å². The van der Waals surface area contributed by atoms with Gasteiger partial charge in [0.15, 0.2) is 0 Å². The van der Waals surface area contributed by atoms with Crippen LogP contribution in [0.15, 0.2) is 30.7 Å². The second kappa shape index (κ2) is 5.58. The van der Waals surface area contributed by atoms with E-state index < -0.39 is 0 Å². The van der Waals surface area contributed by atoms with Gasteiger partial charge in [-0.3, -0.25) is 4.98 Å². The Kier molecular flexibility index (Phi) is 3.64. The first-order valence-corrected chi connectivity index (χ1v) is 7.65. The van der Waals surface area contributed by atoms with Gasteiger partial charge in [-0.1, -0.05) is 25.2 Å². The predicted octanol–water partition coefficient (Wildman–Crippen LogP) is 3.45. The minimum Gasteiger partial charge on any atom is -0.357 e. The summed E-state index contributed by atoms with van der Waals surface area (Å²) in [6, 6.07) is 4.39. The monoisotopic (exact) mass is 287 g/mol. The molecule has 0 atom stereocenters. The molecule has 0 aromatic carbocycles. The topological polar surface area (TPSA) is 55.1 Å². The van der Waals surface area contributed by atoms with Gasteiger partial charge in [-0.25, -0.2) is 9.50 Å². The van der Waals surface area contributed by atoms with Crippen LogP contribution in [-0.2, 0) is 0 Å². The normalized spacial score (nSPS) is 11.3. The van der Waals surface area contributed by atoms with Gasteiger partial charge in [0.25, 0.3) is 0 Å². The zero-order chi connectivity index (χ0) is 13.9. The lowest BCUT2D eigenvalue weighted by molar-refractivity contribution is 0.669. The van der Waals surface area contributed by atoms with Crippen LogP contribution in [0.1, 0.15) is 26.7 Å². The third-order valence-corrected chi connectivity index (χ3v) is 4.17. The standard InChI is InChI=1S/C14H17N5S/c1-3-11(4-2)16-13-18-19-9-12(17-14(19)20-13)10-6-5-7-15-8-10/h5-9,11H,3-4H2,1-2H3,(H,16,18). The van der Waals surface area contributed by atoms with Crippen molar-refractivity contribution in [2.24, 2.45) is 0 Å². The molecule has 6 heteroatoms. The van der Waals surface area contributed by atoms with Gasteiger partial charge in [-0.2, -0.15) is 0 Å². The molecule has 3 rings (SSSR count). The van der Waals surface area contributed by atoms with Crippen molar-refractivity contribution in [3.63, 3.8) is 0 Å². The molecule has 20 heavy (non-hydrogen) atoms. The lowest BCUT2D eigenvalue weighted by atomic mass is 10.2. The Morgan fingerprint density at radius 3 is 2.85 bits per heavy atom. The van der Waals surface area contributed by atoms with Gasteiger partial charge in [0.05, 0.1) is 11.9 Å². The molecule has 1 N–H and O–H groups in total. The van der Waals surface area contributed by atoms with Crippen molar-refractivity contribution < 1.29 is 0 Å². The average Bonchev–Trinajstić information content (AvgIpc) is 3.03. The van der Waals surface area contributed by atoms with Crippen molar-refractivity contribution in [3.8, 4) is 11.3 Å². The van der Waals surface area contributed by atoms with Gasteiger partial charge in [-0.15, -0.1) is 5.10 Å². The molecule has 0 aliphatic heterocycles. The summed E-state index contributed by atoms with van der Waals surface area (Å²) in [5.74, 6) is 0. The minimum absolute atomic E-state index is 0.476. The van der Waals surface area contributed by atoms with Crippen LogP contribution in [0.3, 0.4) is 0 Å². The molecule has 0 amide bonds. The largest absolute Gasteiger partial charge is 0.357 e. The summed E-state index contributed by atoms with van der Waals surface area (Å²) in [5.41, 5.74) is 1.92. The number of nitrogens with one attached hydrogen (secondary N) is 1. The Hall–Kier alpha value is -1.95. The second-order valence-electron chi connectivity index (χ2n) is 4.66. The van der Waals surface area contributed by atoms with Gasteiger partial charge in [-0.05, 0) is 25.0 Å². The van der Waals surface area contributed by atoms with Crippen LogP contribution in [0.4, 0.5) is 5.13 Å². The fourth-order valence-electron chi connectivity index (χ4n) is 2.08. The summed E-state index contributed by atoms with van der Waals surface area (Å²) in [7, 11) is 0. The van der Waals surface area contributed by atoms with Crippen LogP contribution in [0, 0.1) is 0 Å². The van der Waals surface area contributed by atoms with E-state index in [4.69, 9.17) is 0 Å². The van der Waals surface area contributed by atoms with E-state index in [0.717, 1.165) is 34.2 Å². The highest BCUT2D eigenvalue weighted by atomic mass is 32.1. The number of imidazole rings is 1. The van der Waals surface area contributed by atoms with Crippen LogP contribution >= 0.6 is 11.3 Å². The third-order valence-electron chi connectivity index (χ3n) is 3.31. The van der Waals surface area contributed by atoms with Crippen molar-refractivity contribution in [1.82, 2.24) is 19.6 Å². The summed E-state index contributed by atoms with van der Waals surface area (Å²) in [6.45, 7) is 4.36. The molecule has 0 aliphatic rings. The first-order valence-electron chi connectivity index (χ1n) is 6.83. The molecule has 0 saturated carbocycles. The molecule has 0 fully saturated rings. The third kappa shape index (κ3) is 2.51. The minimum atomic E-state index is 0.476. The number of anilines is 1. The van der Waals surface area contributed by atoms with E-state index in [2.05, 4.69) is 34.2 Å². The summed E-state index contributed by atoms with van der Waals surface area (Å²) in [5, 5.41) is 8.91. The van der Waals surface area contributed by atoms with E-state index in [-0.39, 0.29) is 0 Å². The summed E-state index contributed by atoms with van der Waals surface area (Å²) >= 11 is 1.58. The predicted molar refractivity (Wildman–Crippen MR) is 82.1 cm³/mol. The maximum absolute atomic E-state index is 4.60. The number of pyridine rings is 1. The SMILES string of the molecule is CCC(CC)Nc1nn2cc(-c3cccnc3)nc2s1. The van der Waals surface area contributed by atoms with Crippen molar-refractivity contribution in [1.29, 1.82) is 0 Å². The molecular formula is C14H17N5S. The first-order chi connectivity index (χ1) is 9.80. The van der Waals surface area contributed by atoms with Gasteiger partial charge in [0.1, 0.15) is 0 Å². The van der Waals surface area contributed by atoms with Gasteiger partial charge in [0.2, 0.25) is 10.1 Å². The van der Waals surface area contributed by atoms with Crippen LogP contribution in [0.5, 0.6) is 0 Å². The number of fused-ring (bicyclic) bond motifs is 1. The lowest BCUT2D eigenvalue weighted by Crippen LogP contribution is -2.16. The van der Waals surface area contributed by atoms with E-state index >= 15 is 0 Å². The smallest absolute Gasteiger partial charge is 0.214 e. The highest BCUT2D eigenvalue weighted by Gasteiger charge is 2.11. The van der Waals surface area contributed by atoms with Crippen LogP contribution in [-0.4, -0.2) is 25.6 Å². The van der Waals surface area contributed by atoms with Crippen LogP contribution in [0.2, 0.25) is 0 Å². The summed E-state index contributed by atoms with van der Waals surface area (Å²) < 4.78 is 1.83. The second-order valence-corrected chi connectivity index (χ2v) is 5.62. The molecular weight excluding hydrogens is 270 g/mol. The maximum atomic E-state index is 4.60. The van der Waals surface area contributed by atoms with E-state index in [9.17, 15) is 0 Å². The molecule has 104 valence electrons. The molecule has 0 aliphatic carbocycles. The Labute approximate surface area is 121 Å². The zero-order valence-electron chi connectivity index (χ0n) is 11.6. The molecule has 0 radical (unpaired) electrons. The average molecular weight is 287 g/mol. The van der Waals surface area contributed by atoms with Crippen LogP contribution in [0.25, 0.3) is 16.2 Å². The zero-order valence-corrected chi connectivity index (χ0v) is 12.4. The van der Waals surface area contributed by atoms with E-state index in [1.54, 1.807) is 17.5 Å². The number of rotatable bonds is 5. The molecule has 3 heterocycles. The molecule has 0 saturated heterocycles. The number of hydrogen-bond acceptors (Lipinski definition) is 5. The number of nitrogens with zero attached hydrogens (tertiary/aromatic N) is 4. The molecule has 0 bridgehead atoms. The summed E-state index contributed by atoms with van der Waals surface area (Å²) in [6.07, 6.45) is 7.72. The van der Waals surface area contributed by atoms with E-state index in [1.807, 2.05) is 29.0 Å². The quantitative estimate of drug-likeness (QED) is 0.781. The summed E-state index contributed by atoms with van der Waals surface area (Å²) in [4.78, 5) is 9.62. The fraction of sp³-hybridized carbons (Fsp3) is 0.357. The molecule has 5 nitrogen and oxygen atoms in total. The van der Waals surface area contributed by atoms with Gasteiger partial charge >= 0.3 is 0 Å². The maximum Gasteiger partial charge on any atom is 0.214 e. The molecule has 0 unspecified atom stereocenters. The Balaban J connectivity index is 1.86.